The molecule has 4 nitrogen and oxygen atoms in total. The Morgan fingerprint density at radius 2 is 2.12 bits per heavy atom. The van der Waals surface area contributed by atoms with E-state index in [0.29, 0.717) is 0 Å². The zero-order valence-electron chi connectivity index (χ0n) is 10.1. The second-order valence-electron chi connectivity index (χ2n) is 4.87. The predicted molar refractivity (Wildman–Crippen MR) is 60.5 cm³/mol. The van der Waals surface area contributed by atoms with Crippen LogP contribution in [-0.2, 0) is 17.3 Å². The Morgan fingerprint density at radius 3 is 2.44 bits per heavy atom. The van der Waals surface area contributed by atoms with Crippen LogP contribution in [0.4, 0.5) is 0 Å². The largest absolute Gasteiger partial charge is 0.481 e. The van der Waals surface area contributed by atoms with Crippen molar-refractivity contribution in [2.24, 2.45) is 7.05 Å². The van der Waals surface area contributed by atoms with Gasteiger partial charge in [0.05, 0.1) is 12.1 Å². The average Bonchev–Trinajstić information content (AvgIpc) is 2.35. The third-order valence-corrected chi connectivity index (χ3v) is 3.84. The fourth-order valence-electron chi connectivity index (χ4n) is 2.95. The number of carboxylic acid groups (broad SMARTS) is 1. The maximum absolute atomic E-state index is 11.0. The molecule has 1 fully saturated rings. The molecule has 0 spiro atoms. The molecule has 1 aliphatic rings. The summed E-state index contributed by atoms with van der Waals surface area (Å²) in [6.07, 6.45) is 3.32. The van der Waals surface area contributed by atoms with Crippen LogP contribution in [0.15, 0.2) is 0 Å². The summed E-state index contributed by atoms with van der Waals surface area (Å²) < 4.78 is 1.85. The molecule has 0 amide bonds. The van der Waals surface area contributed by atoms with Crippen molar-refractivity contribution in [3.05, 3.63) is 17.0 Å². The van der Waals surface area contributed by atoms with Crippen LogP contribution in [-0.4, -0.2) is 20.9 Å². The van der Waals surface area contributed by atoms with Gasteiger partial charge in [0, 0.05) is 23.7 Å². The van der Waals surface area contributed by atoms with Crippen LogP contribution in [0.3, 0.4) is 0 Å². The second kappa shape index (κ2) is 3.61. The van der Waals surface area contributed by atoms with Crippen LogP contribution in [0.2, 0.25) is 0 Å². The highest BCUT2D eigenvalue weighted by molar-refractivity contribution is 5.69. The molecule has 16 heavy (non-hydrogen) atoms. The van der Waals surface area contributed by atoms with Crippen LogP contribution >= 0.6 is 0 Å². The third kappa shape index (κ3) is 1.52. The van der Waals surface area contributed by atoms with Gasteiger partial charge in [0.25, 0.3) is 0 Å². The fraction of sp³-hybridized carbons (Fsp3) is 0.667. The fourth-order valence-corrected chi connectivity index (χ4v) is 2.95. The molecule has 0 saturated heterocycles. The van der Waals surface area contributed by atoms with Crippen LogP contribution in [0, 0.1) is 13.8 Å². The minimum atomic E-state index is -0.706. The molecule has 1 aromatic heterocycles. The number of hydrogen-bond acceptors (Lipinski definition) is 2. The van der Waals surface area contributed by atoms with Crippen molar-refractivity contribution in [2.75, 3.05) is 0 Å². The van der Waals surface area contributed by atoms with E-state index in [1.165, 1.54) is 5.56 Å². The van der Waals surface area contributed by atoms with Gasteiger partial charge < -0.3 is 5.11 Å². The molecule has 2 rings (SSSR count). The monoisotopic (exact) mass is 222 g/mol. The van der Waals surface area contributed by atoms with Gasteiger partial charge in [0.1, 0.15) is 0 Å². The van der Waals surface area contributed by atoms with Crippen molar-refractivity contribution >= 4 is 5.97 Å². The molecule has 4 heteroatoms. The van der Waals surface area contributed by atoms with Gasteiger partial charge in [-0.25, -0.2) is 0 Å². The molecule has 1 heterocycles. The maximum Gasteiger partial charge on any atom is 0.304 e. The first-order valence-electron chi connectivity index (χ1n) is 5.69. The topological polar surface area (TPSA) is 55.1 Å². The molecule has 1 saturated carbocycles. The Balaban J connectivity index is 2.44. The lowest BCUT2D eigenvalue weighted by Crippen LogP contribution is -2.37. The normalized spacial score (nSPS) is 18.2. The number of carbonyl (C=O) groups is 1. The first-order chi connectivity index (χ1) is 7.46. The maximum atomic E-state index is 11.0. The van der Waals surface area contributed by atoms with Gasteiger partial charge in [-0.15, -0.1) is 0 Å². The van der Waals surface area contributed by atoms with Crippen LogP contribution in [0.1, 0.15) is 42.6 Å². The van der Waals surface area contributed by atoms with Gasteiger partial charge in [0.2, 0.25) is 0 Å². The van der Waals surface area contributed by atoms with E-state index in [2.05, 4.69) is 5.10 Å². The zero-order chi connectivity index (χ0) is 11.9. The van der Waals surface area contributed by atoms with Crippen molar-refractivity contribution in [3.8, 4) is 0 Å². The molecule has 88 valence electrons. The van der Waals surface area contributed by atoms with Gasteiger partial charge in [-0.2, -0.15) is 5.10 Å². The van der Waals surface area contributed by atoms with Gasteiger partial charge in [0.15, 0.2) is 0 Å². The van der Waals surface area contributed by atoms with E-state index >= 15 is 0 Å². The van der Waals surface area contributed by atoms with Crippen molar-refractivity contribution in [2.45, 2.75) is 44.9 Å². The second-order valence-corrected chi connectivity index (χ2v) is 4.87. The number of aryl methyl sites for hydroxylation is 2. The highest BCUT2D eigenvalue weighted by Gasteiger charge is 2.43. The predicted octanol–water partition coefficient (Wildman–Crippen LogP) is 1.93. The number of aliphatic carboxylic acids is 1. The molecule has 0 aromatic carbocycles. The summed E-state index contributed by atoms with van der Waals surface area (Å²) >= 11 is 0. The molecule has 1 aromatic rings. The Kier molecular flexibility index (Phi) is 2.52. The number of hydrogen-bond donors (Lipinski definition) is 1. The van der Waals surface area contributed by atoms with Crippen molar-refractivity contribution in [1.82, 2.24) is 9.78 Å². The molecule has 1 aliphatic carbocycles. The van der Waals surface area contributed by atoms with Crippen LogP contribution in [0.5, 0.6) is 0 Å². The lowest BCUT2D eigenvalue weighted by Gasteiger charge is -2.41. The number of carboxylic acids is 1. The first kappa shape index (κ1) is 11.2. The lowest BCUT2D eigenvalue weighted by molar-refractivity contribution is -0.139. The number of rotatable bonds is 3. The summed E-state index contributed by atoms with van der Waals surface area (Å²) in [5.74, 6) is -0.706. The number of aromatic nitrogens is 2. The van der Waals surface area contributed by atoms with E-state index in [-0.39, 0.29) is 11.8 Å². The van der Waals surface area contributed by atoms with E-state index in [1.807, 2.05) is 25.6 Å². The summed E-state index contributed by atoms with van der Waals surface area (Å²) in [6, 6.07) is 0. The minimum Gasteiger partial charge on any atom is -0.481 e. The van der Waals surface area contributed by atoms with E-state index in [4.69, 9.17) is 5.11 Å². The highest BCUT2D eigenvalue weighted by atomic mass is 16.4. The van der Waals surface area contributed by atoms with E-state index in [0.717, 1.165) is 30.7 Å². The third-order valence-electron chi connectivity index (χ3n) is 3.84. The summed E-state index contributed by atoms with van der Waals surface area (Å²) in [7, 11) is 1.92. The summed E-state index contributed by atoms with van der Waals surface area (Å²) in [5.41, 5.74) is 3.12. The average molecular weight is 222 g/mol. The minimum absolute atomic E-state index is 0.145. The lowest BCUT2D eigenvalue weighted by atomic mass is 9.62. The van der Waals surface area contributed by atoms with Crippen molar-refractivity contribution in [3.63, 3.8) is 0 Å². The molecule has 1 N–H and O–H groups in total. The Bertz CT molecular complexity index is 430. The summed E-state index contributed by atoms with van der Waals surface area (Å²) in [6.45, 7) is 4.00. The van der Waals surface area contributed by atoms with E-state index < -0.39 is 5.97 Å². The molecule has 0 atom stereocenters. The molecule has 0 bridgehead atoms. The smallest absolute Gasteiger partial charge is 0.304 e. The zero-order valence-corrected chi connectivity index (χ0v) is 10.1. The Hall–Kier alpha value is -1.32. The quantitative estimate of drug-likeness (QED) is 0.850. The molecular weight excluding hydrogens is 204 g/mol. The van der Waals surface area contributed by atoms with E-state index in [1.54, 1.807) is 0 Å². The summed E-state index contributed by atoms with van der Waals surface area (Å²) in [5, 5.41) is 13.4. The standard InChI is InChI=1S/C12H18N2O2/c1-8-11(9(2)14(3)13-8)12(5-4-6-12)7-10(15)16/h4-7H2,1-3H3,(H,15,16). The Labute approximate surface area is 95.3 Å². The van der Waals surface area contributed by atoms with Crippen molar-refractivity contribution in [1.29, 1.82) is 0 Å². The van der Waals surface area contributed by atoms with Gasteiger partial charge in [-0.1, -0.05) is 6.42 Å². The van der Waals surface area contributed by atoms with Gasteiger partial charge in [-0.05, 0) is 26.7 Å². The molecule has 0 radical (unpaired) electrons. The SMILES string of the molecule is Cc1nn(C)c(C)c1C1(CC(=O)O)CCC1. The molecule has 0 aliphatic heterocycles. The first-order valence-corrected chi connectivity index (χ1v) is 5.69. The molecule has 0 unspecified atom stereocenters. The Morgan fingerprint density at radius 1 is 1.50 bits per heavy atom. The van der Waals surface area contributed by atoms with Crippen LogP contribution in [0.25, 0.3) is 0 Å². The van der Waals surface area contributed by atoms with Gasteiger partial charge >= 0.3 is 5.97 Å². The number of nitrogens with zero attached hydrogens (tertiary/aromatic N) is 2. The van der Waals surface area contributed by atoms with E-state index in [9.17, 15) is 4.79 Å². The van der Waals surface area contributed by atoms with Crippen molar-refractivity contribution < 1.29 is 9.90 Å². The van der Waals surface area contributed by atoms with Crippen LogP contribution < -0.4 is 0 Å². The van der Waals surface area contributed by atoms with Gasteiger partial charge in [-0.3, -0.25) is 9.48 Å². The summed E-state index contributed by atoms with van der Waals surface area (Å²) in [4.78, 5) is 11.0. The highest BCUT2D eigenvalue weighted by Crippen LogP contribution is 2.48. The molecular formula is C12H18N2O2.